The minimum absolute atomic E-state index is 0.0700. The van der Waals surface area contributed by atoms with Gasteiger partial charge in [0.15, 0.2) is 5.78 Å². The van der Waals surface area contributed by atoms with Gasteiger partial charge in [-0.05, 0) is 55.2 Å². The molecule has 0 saturated heterocycles. The maximum Gasteiger partial charge on any atom is 0.252 e. The highest BCUT2D eigenvalue weighted by atomic mass is 16.1. The first-order chi connectivity index (χ1) is 16.4. The van der Waals surface area contributed by atoms with Gasteiger partial charge < -0.3 is 5.32 Å². The highest BCUT2D eigenvalue weighted by Crippen LogP contribution is 2.24. The number of allylic oxidation sites excluding steroid dienone is 4. The summed E-state index contributed by atoms with van der Waals surface area (Å²) in [6, 6.07) is 3.35. The third-order valence-corrected chi connectivity index (χ3v) is 6.58. The predicted octanol–water partition coefficient (Wildman–Crippen LogP) is 6.05. The Morgan fingerprint density at radius 2 is 2.09 bits per heavy atom. The normalized spacial score (nSPS) is 16.1. The van der Waals surface area contributed by atoms with Crippen molar-refractivity contribution in [1.82, 2.24) is 14.5 Å². The van der Waals surface area contributed by atoms with Crippen LogP contribution in [0.3, 0.4) is 0 Å². The lowest BCUT2D eigenvalue weighted by Crippen LogP contribution is -2.22. The van der Waals surface area contributed by atoms with Crippen LogP contribution in [-0.2, 0) is 11.3 Å². The summed E-state index contributed by atoms with van der Waals surface area (Å²) in [5.41, 5.74) is 1.56. The van der Waals surface area contributed by atoms with Gasteiger partial charge in [-0.25, -0.2) is 4.98 Å². The van der Waals surface area contributed by atoms with Crippen molar-refractivity contribution in [3.63, 3.8) is 0 Å². The van der Waals surface area contributed by atoms with Crippen LogP contribution in [0.4, 0.5) is 5.95 Å². The van der Waals surface area contributed by atoms with Crippen molar-refractivity contribution in [1.29, 1.82) is 0 Å². The molecule has 0 fully saturated rings. The van der Waals surface area contributed by atoms with Crippen LogP contribution < -0.4 is 10.9 Å². The van der Waals surface area contributed by atoms with Gasteiger partial charge in [-0.3, -0.25) is 14.2 Å². The van der Waals surface area contributed by atoms with E-state index in [0.29, 0.717) is 36.4 Å². The molecule has 3 rings (SSSR count). The summed E-state index contributed by atoms with van der Waals surface area (Å²) in [4.78, 5) is 33.5. The van der Waals surface area contributed by atoms with Crippen LogP contribution in [0.15, 0.2) is 59.7 Å². The number of rotatable bonds is 14. The Labute approximate surface area is 202 Å². The summed E-state index contributed by atoms with van der Waals surface area (Å²) in [6.07, 6.45) is 16.4. The van der Waals surface area contributed by atoms with Gasteiger partial charge in [-0.2, -0.15) is 4.98 Å². The summed E-state index contributed by atoms with van der Waals surface area (Å²) in [6.45, 7) is 10.8. The zero-order valence-corrected chi connectivity index (χ0v) is 20.8. The third-order valence-electron chi connectivity index (χ3n) is 6.58. The lowest BCUT2D eigenvalue weighted by molar-refractivity contribution is -0.114. The van der Waals surface area contributed by atoms with Gasteiger partial charge in [0.05, 0.1) is 0 Å². The van der Waals surface area contributed by atoms with Crippen molar-refractivity contribution in [2.75, 3.05) is 5.32 Å². The smallest absolute Gasteiger partial charge is 0.252 e. The number of hydrogen-bond acceptors (Lipinski definition) is 5. The molecule has 182 valence electrons. The van der Waals surface area contributed by atoms with E-state index in [1.807, 2.05) is 0 Å². The molecule has 0 saturated carbocycles. The number of carbonyl (C=O) groups is 1. The van der Waals surface area contributed by atoms with E-state index in [1.54, 1.807) is 22.9 Å². The van der Waals surface area contributed by atoms with Crippen molar-refractivity contribution < 1.29 is 4.79 Å². The number of hydrogen-bond donors (Lipinski definition) is 1. The molecule has 2 aromatic heterocycles. The van der Waals surface area contributed by atoms with E-state index in [1.165, 1.54) is 18.9 Å². The first kappa shape index (κ1) is 25.6. The lowest BCUT2D eigenvalue weighted by atomic mass is 9.95. The number of fused-ring (bicyclic) bond motifs is 1. The molecular weight excluding hydrogens is 424 g/mol. The van der Waals surface area contributed by atoms with Crippen molar-refractivity contribution in [2.24, 2.45) is 17.8 Å². The Kier molecular flexibility index (Phi) is 9.37. The zero-order chi connectivity index (χ0) is 24.5. The summed E-state index contributed by atoms with van der Waals surface area (Å²) in [5, 5.41) is 4.15. The van der Waals surface area contributed by atoms with Crippen LogP contribution >= 0.6 is 0 Å². The van der Waals surface area contributed by atoms with Crippen LogP contribution in [0.2, 0.25) is 0 Å². The van der Waals surface area contributed by atoms with Gasteiger partial charge in [0, 0.05) is 36.3 Å². The molecule has 1 aliphatic carbocycles. The summed E-state index contributed by atoms with van der Waals surface area (Å²) < 4.78 is 1.73. The van der Waals surface area contributed by atoms with E-state index in [0.717, 1.165) is 42.7 Å². The number of nitrogens with one attached hydrogen (secondary N) is 1. The molecule has 0 bridgehead atoms. The zero-order valence-electron chi connectivity index (χ0n) is 20.8. The van der Waals surface area contributed by atoms with E-state index >= 15 is 0 Å². The lowest BCUT2D eigenvalue weighted by Gasteiger charge is -2.16. The molecule has 0 aromatic carbocycles. The number of aryl methyl sites for hydroxylation is 1. The number of ketones is 1. The van der Waals surface area contributed by atoms with Gasteiger partial charge in [0.1, 0.15) is 5.65 Å². The second kappa shape index (κ2) is 12.4. The summed E-state index contributed by atoms with van der Waals surface area (Å²) >= 11 is 0. The fourth-order valence-corrected chi connectivity index (χ4v) is 4.38. The molecule has 2 heterocycles. The molecule has 2 aromatic rings. The minimum atomic E-state index is -0.0700. The minimum Gasteiger partial charge on any atom is -0.324 e. The average molecular weight is 463 g/mol. The Bertz CT molecular complexity index is 1110. The highest BCUT2D eigenvalue weighted by molar-refractivity contribution is 5.88. The van der Waals surface area contributed by atoms with Crippen molar-refractivity contribution in [3.05, 3.63) is 65.3 Å². The van der Waals surface area contributed by atoms with Gasteiger partial charge in [-0.15, -0.1) is 0 Å². The molecule has 0 amide bonds. The number of nitrogens with zero attached hydrogens (tertiary/aromatic N) is 3. The van der Waals surface area contributed by atoms with Crippen LogP contribution in [-0.4, -0.2) is 20.3 Å². The first-order valence-corrected chi connectivity index (χ1v) is 12.6. The molecule has 1 N–H and O–H groups in total. The summed E-state index contributed by atoms with van der Waals surface area (Å²) in [7, 11) is 0. The fourth-order valence-electron chi connectivity index (χ4n) is 4.38. The monoisotopic (exact) mass is 462 g/mol. The Hall–Kier alpha value is -3.02. The second-order valence-corrected chi connectivity index (χ2v) is 9.66. The maximum absolute atomic E-state index is 12.7. The highest BCUT2D eigenvalue weighted by Gasteiger charge is 2.14. The maximum atomic E-state index is 12.7. The average Bonchev–Trinajstić information content (AvgIpc) is 3.26. The number of aromatic nitrogens is 3. The Balaban J connectivity index is 1.70. The summed E-state index contributed by atoms with van der Waals surface area (Å²) in [5.74, 6) is 2.11. The number of carbonyl (C=O) groups excluding carboxylic acids is 1. The van der Waals surface area contributed by atoms with Crippen LogP contribution in [0.1, 0.15) is 65.7 Å². The Morgan fingerprint density at radius 3 is 2.82 bits per heavy atom. The molecule has 2 atom stereocenters. The Morgan fingerprint density at radius 1 is 1.26 bits per heavy atom. The van der Waals surface area contributed by atoms with E-state index in [9.17, 15) is 9.59 Å². The van der Waals surface area contributed by atoms with Crippen molar-refractivity contribution in [2.45, 2.75) is 72.3 Å². The molecule has 6 nitrogen and oxygen atoms in total. The van der Waals surface area contributed by atoms with Gasteiger partial charge in [0.25, 0.3) is 5.56 Å². The SMILES string of the molecule is C=CC(=O)CCC(CC)CCn1c(=O)ccc2cnc(NC3=CC(CCCC(C)C)C=C3)nc21. The molecule has 2 unspecified atom stereocenters. The van der Waals surface area contributed by atoms with Gasteiger partial charge >= 0.3 is 0 Å². The van der Waals surface area contributed by atoms with Crippen molar-refractivity contribution in [3.8, 4) is 0 Å². The standard InChI is InChI=1S/C28H38N4O2/c1-5-21(11-14-25(33)6-2)16-17-32-26(34)15-12-23-19-29-28(31-27(23)32)30-24-13-10-22(18-24)9-7-8-20(3)4/h6,10,12-13,15,18-22H,2,5,7-9,11,14,16-17H2,1,3-4H3,(H,29,30,31). The third kappa shape index (κ3) is 7.24. The van der Waals surface area contributed by atoms with Crippen LogP contribution in [0, 0.1) is 17.8 Å². The van der Waals surface area contributed by atoms with Crippen LogP contribution in [0.25, 0.3) is 11.0 Å². The largest absolute Gasteiger partial charge is 0.324 e. The first-order valence-electron chi connectivity index (χ1n) is 12.6. The second-order valence-electron chi connectivity index (χ2n) is 9.66. The van der Waals surface area contributed by atoms with E-state index in [4.69, 9.17) is 4.98 Å². The molecule has 0 radical (unpaired) electrons. The quantitative estimate of drug-likeness (QED) is 0.346. The van der Waals surface area contributed by atoms with E-state index < -0.39 is 0 Å². The molecule has 0 spiro atoms. The fraction of sp³-hybridized carbons (Fsp3) is 0.500. The molecule has 0 aliphatic heterocycles. The van der Waals surface area contributed by atoms with E-state index in [-0.39, 0.29) is 11.3 Å². The molecule has 1 aliphatic rings. The number of pyridine rings is 1. The van der Waals surface area contributed by atoms with Gasteiger partial charge in [0.2, 0.25) is 5.95 Å². The van der Waals surface area contributed by atoms with E-state index in [2.05, 4.69) is 55.9 Å². The molecular formula is C28H38N4O2. The molecule has 34 heavy (non-hydrogen) atoms. The van der Waals surface area contributed by atoms with Gasteiger partial charge in [-0.1, -0.05) is 58.8 Å². The van der Waals surface area contributed by atoms with Crippen LogP contribution in [0.5, 0.6) is 0 Å². The van der Waals surface area contributed by atoms with Crippen molar-refractivity contribution >= 4 is 22.8 Å². The topological polar surface area (TPSA) is 76.9 Å². The predicted molar refractivity (Wildman–Crippen MR) is 140 cm³/mol. The molecule has 6 heteroatoms. The number of anilines is 1.